The van der Waals surface area contributed by atoms with Crippen LogP contribution in [-0.4, -0.2) is 18.0 Å². The summed E-state index contributed by atoms with van der Waals surface area (Å²) >= 11 is 0. The molecule has 16 heavy (non-hydrogen) atoms. The lowest BCUT2D eigenvalue weighted by atomic mass is 10.0. The van der Waals surface area contributed by atoms with Gasteiger partial charge in [0.25, 0.3) is 0 Å². The zero-order valence-electron chi connectivity index (χ0n) is 10.4. The smallest absolute Gasteiger partial charge is 0.221 e. The molecule has 3 nitrogen and oxygen atoms in total. The first-order valence-corrected chi connectivity index (χ1v) is 6.13. The summed E-state index contributed by atoms with van der Waals surface area (Å²) in [6.07, 6.45) is 6.50. The summed E-state index contributed by atoms with van der Waals surface area (Å²) in [7, 11) is 0. The third-order valence-electron chi connectivity index (χ3n) is 3.13. The zero-order chi connectivity index (χ0) is 11.3. The van der Waals surface area contributed by atoms with E-state index in [1.54, 1.807) is 0 Å². The molecule has 0 radical (unpaired) electrons. The Balaban J connectivity index is 0.00000225. The summed E-state index contributed by atoms with van der Waals surface area (Å²) in [6, 6.07) is 0.357. The summed E-state index contributed by atoms with van der Waals surface area (Å²) in [6.45, 7) is 4.17. The second kappa shape index (κ2) is 7.91. The lowest BCUT2D eigenvalue weighted by Crippen LogP contribution is -2.37. The first-order valence-electron chi connectivity index (χ1n) is 6.13. The van der Waals surface area contributed by atoms with Crippen LogP contribution >= 0.6 is 12.4 Å². The number of hydrogen-bond acceptors (Lipinski definition) is 2. The van der Waals surface area contributed by atoms with Gasteiger partial charge < -0.3 is 11.1 Å². The van der Waals surface area contributed by atoms with Gasteiger partial charge in [0.2, 0.25) is 5.91 Å². The maximum absolute atomic E-state index is 11.5. The van der Waals surface area contributed by atoms with E-state index in [2.05, 4.69) is 12.2 Å². The van der Waals surface area contributed by atoms with Crippen LogP contribution in [0.3, 0.4) is 0 Å². The van der Waals surface area contributed by atoms with Gasteiger partial charge in [0.1, 0.15) is 0 Å². The maximum atomic E-state index is 11.5. The van der Waals surface area contributed by atoms with Crippen molar-refractivity contribution in [2.45, 2.75) is 64.5 Å². The molecule has 0 saturated heterocycles. The molecule has 3 N–H and O–H groups in total. The van der Waals surface area contributed by atoms with Crippen LogP contribution in [0.5, 0.6) is 0 Å². The number of amides is 1. The molecule has 1 rings (SSSR count). The Labute approximate surface area is 105 Å². The number of rotatable bonds is 3. The fraction of sp³-hybridized carbons (Fsp3) is 0.917. The van der Waals surface area contributed by atoms with Crippen molar-refractivity contribution >= 4 is 18.3 Å². The molecule has 3 atom stereocenters. The highest BCUT2D eigenvalue weighted by molar-refractivity contribution is 5.85. The van der Waals surface area contributed by atoms with E-state index in [1.165, 1.54) is 19.3 Å². The predicted octanol–water partition coefficient (Wildman–Crippen LogP) is 2.23. The Hall–Kier alpha value is -0.280. The number of hydrogen-bond donors (Lipinski definition) is 2. The summed E-state index contributed by atoms with van der Waals surface area (Å²) in [5.74, 6) is 0.935. The van der Waals surface area contributed by atoms with Crippen molar-refractivity contribution in [3.05, 3.63) is 0 Å². The highest BCUT2D eigenvalue weighted by atomic mass is 35.5. The van der Waals surface area contributed by atoms with E-state index in [4.69, 9.17) is 5.73 Å². The first-order chi connectivity index (χ1) is 7.08. The standard InChI is InChI=1S/C12H24N2O.ClH/c1-9-4-3-5-11(7-6-9)14-12(15)8-10(2)13;/h9-11H,3-8,13H2,1-2H3,(H,14,15);1H. The number of nitrogens with two attached hydrogens (primary N) is 1. The Kier molecular flexibility index (Phi) is 7.77. The molecule has 1 amide bonds. The van der Waals surface area contributed by atoms with Crippen molar-refractivity contribution in [2.24, 2.45) is 11.7 Å². The third-order valence-corrected chi connectivity index (χ3v) is 3.13. The van der Waals surface area contributed by atoms with Gasteiger partial charge in [-0.3, -0.25) is 4.79 Å². The minimum Gasteiger partial charge on any atom is -0.353 e. The molecule has 4 heteroatoms. The molecule has 3 unspecified atom stereocenters. The molecule has 0 aromatic heterocycles. The largest absolute Gasteiger partial charge is 0.353 e. The molecule has 96 valence electrons. The number of carbonyl (C=O) groups excluding carboxylic acids is 1. The fourth-order valence-electron chi connectivity index (χ4n) is 2.21. The maximum Gasteiger partial charge on any atom is 0.221 e. The van der Waals surface area contributed by atoms with Gasteiger partial charge in [-0.15, -0.1) is 12.4 Å². The van der Waals surface area contributed by atoms with Crippen molar-refractivity contribution in [3.63, 3.8) is 0 Å². The van der Waals surface area contributed by atoms with Crippen molar-refractivity contribution < 1.29 is 4.79 Å². The average molecular weight is 249 g/mol. The van der Waals surface area contributed by atoms with Crippen LogP contribution in [0.4, 0.5) is 0 Å². The molecule has 1 saturated carbocycles. The van der Waals surface area contributed by atoms with Gasteiger partial charge >= 0.3 is 0 Å². The van der Waals surface area contributed by atoms with Gasteiger partial charge in [0, 0.05) is 18.5 Å². The molecular weight excluding hydrogens is 224 g/mol. The summed E-state index contributed by atoms with van der Waals surface area (Å²) in [4.78, 5) is 11.5. The molecule has 0 heterocycles. The van der Waals surface area contributed by atoms with E-state index >= 15 is 0 Å². The van der Waals surface area contributed by atoms with Gasteiger partial charge in [-0.05, 0) is 32.1 Å². The molecule has 1 aliphatic rings. The van der Waals surface area contributed by atoms with Crippen LogP contribution in [0.25, 0.3) is 0 Å². The lowest BCUT2D eigenvalue weighted by molar-refractivity contribution is -0.122. The summed E-state index contributed by atoms with van der Waals surface area (Å²) < 4.78 is 0. The van der Waals surface area contributed by atoms with Crippen LogP contribution in [0.1, 0.15) is 52.4 Å². The van der Waals surface area contributed by atoms with Crippen molar-refractivity contribution in [2.75, 3.05) is 0 Å². The predicted molar refractivity (Wildman–Crippen MR) is 69.7 cm³/mol. The SMILES string of the molecule is CC(N)CC(=O)NC1CCCC(C)CC1.Cl. The lowest BCUT2D eigenvalue weighted by Gasteiger charge is -2.17. The normalized spacial score (nSPS) is 27.4. The van der Waals surface area contributed by atoms with Gasteiger partial charge in [-0.25, -0.2) is 0 Å². The second-order valence-electron chi connectivity index (χ2n) is 5.06. The minimum atomic E-state index is -0.0327. The number of halogens is 1. The van der Waals surface area contributed by atoms with Crippen molar-refractivity contribution in [1.29, 1.82) is 0 Å². The van der Waals surface area contributed by atoms with Gasteiger partial charge in [-0.1, -0.05) is 19.8 Å². The van der Waals surface area contributed by atoms with Gasteiger partial charge in [0.15, 0.2) is 0 Å². The average Bonchev–Trinajstić information content (AvgIpc) is 2.29. The topological polar surface area (TPSA) is 55.1 Å². The van der Waals surface area contributed by atoms with E-state index in [-0.39, 0.29) is 24.4 Å². The van der Waals surface area contributed by atoms with E-state index in [9.17, 15) is 4.79 Å². The Morgan fingerprint density at radius 2 is 2.06 bits per heavy atom. The Morgan fingerprint density at radius 3 is 2.69 bits per heavy atom. The molecule has 0 bridgehead atoms. The molecule has 0 aromatic rings. The minimum absolute atomic E-state index is 0. The summed E-state index contributed by atoms with van der Waals surface area (Å²) in [5, 5.41) is 3.09. The molecule has 0 aromatic carbocycles. The highest BCUT2D eigenvalue weighted by Gasteiger charge is 2.17. The first kappa shape index (κ1) is 15.7. The van der Waals surface area contributed by atoms with E-state index in [0.29, 0.717) is 12.5 Å². The van der Waals surface area contributed by atoms with Crippen LogP contribution in [-0.2, 0) is 4.79 Å². The Morgan fingerprint density at radius 1 is 1.38 bits per heavy atom. The van der Waals surface area contributed by atoms with Crippen LogP contribution in [0, 0.1) is 5.92 Å². The molecule has 1 aliphatic carbocycles. The quantitative estimate of drug-likeness (QED) is 0.753. The van der Waals surface area contributed by atoms with Crippen LogP contribution < -0.4 is 11.1 Å². The number of nitrogens with one attached hydrogen (secondary N) is 1. The molecule has 1 fully saturated rings. The van der Waals surface area contributed by atoms with Gasteiger partial charge in [0.05, 0.1) is 0 Å². The highest BCUT2D eigenvalue weighted by Crippen LogP contribution is 2.22. The van der Waals surface area contributed by atoms with Crippen LogP contribution in [0.2, 0.25) is 0 Å². The van der Waals surface area contributed by atoms with Crippen LogP contribution in [0.15, 0.2) is 0 Å². The molecular formula is C12H25ClN2O. The van der Waals surface area contributed by atoms with E-state index in [1.807, 2.05) is 6.92 Å². The van der Waals surface area contributed by atoms with Crippen molar-refractivity contribution in [1.82, 2.24) is 5.32 Å². The summed E-state index contributed by atoms with van der Waals surface area (Å²) in [5.41, 5.74) is 5.59. The molecule has 0 spiro atoms. The molecule has 0 aliphatic heterocycles. The third kappa shape index (κ3) is 6.33. The van der Waals surface area contributed by atoms with Gasteiger partial charge in [-0.2, -0.15) is 0 Å². The fourth-order valence-corrected chi connectivity index (χ4v) is 2.21. The van der Waals surface area contributed by atoms with Crippen molar-refractivity contribution in [3.8, 4) is 0 Å². The Bertz CT molecular complexity index is 209. The van der Waals surface area contributed by atoms with E-state index in [0.717, 1.165) is 18.8 Å². The van der Waals surface area contributed by atoms with E-state index < -0.39 is 0 Å². The monoisotopic (exact) mass is 248 g/mol. The number of carbonyl (C=O) groups is 1. The second-order valence-corrected chi connectivity index (χ2v) is 5.06. The zero-order valence-corrected chi connectivity index (χ0v) is 11.2.